The summed E-state index contributed by atoms with van der Waals surface area (Å²) < 4.78 is 0. The van der Waals surface area contributed by atoms with Gasteiger partial charge < -0.3 is 5.32 Å². The van der Waals surface area contributed by atoms with E-state index in [4.69, 9.17) is 11.6 Å². The SMILES string of the molecule is C/C(CC(=O)Nc1cc(Cl)ccc1C)=N\NC(=O)Cc1ccc(-c2ccccc2)cc1. The van der Waals surface area contributed by atoms with Gasteiger partial charge in [-0.1, -0.05) is 72.3 Å². The molecule has 0 aromatic heterocycles. The van der Waals surface area contributed by atoms with Crippen LogP contribution in [0.15, 0.2) is 77.9 Å². The molecule has 0 heterocycles. The average molecular weight is 434 g/mol. The van der Waals surface area contributed by atoms with Gasteiger partial charge in [-0.15, -0.1) is 0 Å². The Labute approximate surface area is 187 Å². The van der Waals surface area contributed by atoms with Crippen LogP contribution in [0.3, 0.4) is 0 Å². The summed E-state index contributed by atoms with van der Waals surface area (Å²) in [5.74, 6) is -0.463. The standard InChI is InChI=1S/C25H24ClN3O2/c1-17-8-13-22(26)16-23(17)27-24(30)14-18(2)28-29-25(31)15-19-9-11-21(12-10-19)20-6-4-3-5-7-20/h3-13,16H,14-15H2,1-2H3,(H,27,30)(H,29,31)/b28-18+. The second kappa shape index (κ2) is 10.5. The van der Waals surface area contributed by atoms with Crippen molar-refractivity contribution in [2.24, 2.45) is 5.10 Å². The number of nitrogens with one attached hydrogen (secondary N) is 2. The first kappa shape index (κ1) is 22.2. The number of aryl methyl sites for hydroxylation is 1. The maximum absolute atomic E-state index is 12.2. The molecule has 0 bridgehead atoms. The Bertz CT molecular complexity index is 1090. The molecule has 0 aliphatic heterocycles. The van der Waals surface area contributed by atoms with Crippen molar-refractivity contribution in [3.8, 4) is 11.1 Å². The van der Waals surface area contributed by atoms with Gasteiger partial charge in [-0.2, -0.15) is 5.10 Å². The van der Waals surface area contributed by atoms with E-state index in [0.29, 0.717) is 16.4 Å². The van der Waals surface area contributed by atoms with Crippen molar-refractivity contribution in [3.05, 3.63) is 88.9 Å². The lowest BCUT2D eigenvalue weighted by Gasteiger charge is -2.09. The van der Waals surface area contributed by atoms with Crippen LogP contribution in [0.5, 0.6) is 0 Å². The molecular weight excluding hydrogens is 410 g/mol. The third kappa shape index (κ3) is 6.79. The quantitative estimate of drug-likeness (QED) is 0.388. The van der Waals surface area contributed by atoms with Crippen molar-refractivity contribution in [1.29, 1.82) is 0 Å². The van der Waals surface area contributed by atoms with Crippen molar-refractivity contribution in [2.45, 2.75) is 26.7 Å². The molecule has 3 aromatic rings. The van der Waals surface area contributed by atoms with E-state index < -0.39 is 0 Å². The fourth-order valence-electron chi connectivity index (χ4n) is 3.02. The Morgan fingerprint density at radius 3 is 2.29 bits per heavy atom. The van der Waals surface area contributed by atoms with Gasteiger partial charge in [0.2, 0.25) is 11.8 Å². The average Bonchev–Trinajstić information content (AvgIpc) is 2.76. The van der Waals surface area contributed by atoms with Crippen LogP contribution in [0.2, 0.25) is 5.02 Å². The van der Waals surface area contributed by atoms with Crippen molar-refractivity contribution >= 4 is 34.8 Å². The smallest absolute Gasteiger partial charge is 0.244 e. The summed E-state index contributed by atoms with van der Waals surface area (Å²) in [6.07, 6.45) is 0.276. The van der Waals surface area contributed by atoms with Crippen LogP contribution in [0.25, 0.3) is 11.1 Å². The molecule has 3 rings (SSSR count). The monoisotopic (exact) mass is 433 g/mol. The van der Waals surface area contributed by atoms with Crippen molar-refractivity contribution in [2.75, 3.05) is 5.32 Å². The number of carbonyl (C=O) groups excluding carboxylic acids is 2. The first-order chi connectivity index (χ1) is 14.9. The van der Waals surface area contributed by atoms with Crippen molar-refractivity contribution < 1.29 is 9.59 Å². The number of halogens is 1. The van der Waals surface area contributed by atoms with Gasteiger partial charge in [-0.25, -0.2) is 5.43 Å². The summed E-state index contributed by atoms with van der Waals surface area (Å²) in [7, 11) is 0. The molecule has 0 aliphatic carbocycles. The van der Waals surface area contributed by atoms with Gasteiger partial charge >= 0.3 is 0 Å². The maximum atomic E-state index is 12.2. The number of carbonyl (C=O) groups is 2. The number of hydrogen-bond donors (Lipinski definition) is 2. The maximum Gasteiger partial charge on any atom is 0.244 e. The molecule has 0 spiro atoms. The molecule has 0 saturated heterocycles. The molecule has 0 unspecified atom stereocenters. The minimum absolute atomic E-state index is 0.0675. The van der Waals surface area contributed by atoms with Crippen LogP contribution in [-0.2, 0) is 16.0 Å². The van der Waals surface area contributed by atoms with Gasteiger partial charge in [0.25, 0.3) is 0 Å². The van der Waals surface area contributed by atoms with Gasteiger partial charge in [0.15, 0.2) is 0 Å². The normalized spacial score (nSPS) is 11.1. The summed E-state index contributed by atoms with van der Waals surface area (Å²) >= 11 is 5.97. The molecule has 31 heavy (non-hydrogen) atoms. The Balaban J connectivity index is 1.50. The number of hydrogen-bond acceptors (Lipinski definition) is 3. The molecule has 0 atom stereocenters. The predicted molar refractivity (Wildman–Crippen MR) is 126 cm³/mol. The Morgan fingerprint density at radius 2 is 1.58 bits per heavy atom. The molecule has 2 amide bonds. The molecular formula is C25H24ClN3O2. The number of nitrogens with zero attached hydrogens (tertiary/aromatic N) is 1. The zero-order valence-corrected chi connectivity index (χ0v) is 18.2. The highest BCUT2D eigenvalue weighted by Gasteiger charge is 2.08. The second-order valence-electron chi connectivity index (χ2n) is 7.31. The van der Waals surface area contributed by atoms with Gasteiger partial charge in [0.1, 0.15) is 0 Å². The van der Waals surface area contributed by atoms with E-state index in [0.717, 1.165) is 22.3 Å². The Morgan fingerprint density at radius 1 is 0.903 bits per heavy atom. The summed E-state index contributed by atoms with van der Waals surface area (Å²) in [6.45, 7) is 3.58. The second-order valence-corrected chi connectivity index (χ2v) is 7.74. The minimum Gasteiger partial charge on any atom is -0.325 e. The third-order valence-corrected chi connectivity index (χ3v) is 4.92. The van der Waals surface area contributed by atoms with E-state index >= 15 is 0 Å². The highest BCUT2D eigenvalue weighted by molar-refractivity contribution is 6.31. The fourth-order valence-corrected chi connectivity index (χ4v) is 3.20. The van der Waals surface area contributed by atoms with Crippen LogP contribution in [0.1, 0.15) is 24.5 Å². The summed E-state index contributed by atoms with van der Waals surface area (Å²) in [5, 5.41) is 7.40. The number of anilines is 1. The molecule has 0 saturated carbocycles. The van der Waals surface area contributed by atoms with Crippen LogP contribution in [-0.4, -0.2) is 17.5 Å². The van der Waals surface area contributed by atoms with Crippen LogP contribution < -0.4 is 10.7 Å². The molecule has 158 valence electrons. The number of amides is 2. The number of benzene rings is 3. The lowest BCUT2D eigenvalue weighted by atomic mass is 10.0. The Hall–Kier alpha value is -3.44. The first-order valence-electron chi connectivity index (χ1n) is 9.93. The largest absolute Gasteiger partial charge is 0.325 e. The van der Waals surface area contributed by atoms with Crippen LogP contribution in [0, 0.1) is 6.92 Å². The zero-order valence-electron chi connectivity index (χ0n) is 17.5. The van der Waals surface area contributed by atoms with E-state index in [9.17, 15) is 9.59 Å². The van der Waals surface area contributed by atoms with Gasteiger partial charge in [0.05, 0.1) is 12.8 Å². The first-order valence-corrected chi connectivity index (χ1v) is 10.3. The zero-order chi connectivity index (χ0) is 22.2. The highest BCUT2D eigenvalue weighted by Crippen LogP contribution is 2.21. The molecule has 6 heteroatoms. The topological polar surface area (TPSA) is 70.6 Å². The van der Waals surface area contributed by atoms with Crippen LogP contribution in [0.4, 0.5) is 5.69 Å². The molecule has 0 fully saturated rings. The molecule has 2 N–H and O–H groups in total. The van der Waals surface area contributed by atoms with E-state index in [1.54, 1.807) is 19.1 Å². The highest BCUT2D eigenvalue weighted by atomic mass is 35.5. The van der Waals surface area contributed by atoms with Crippen LogP contribution >= 0.6 is 11.6 Å². The number of rotatable bonds is 7. The molecule has 0 aliphatic rings. The van der Waals surface area contributed by atoms with Gasteiger partial charge in [0, 0.05) is 16.4 Å². The van der Waals surface area contributed by atoms with E-state index in [-0.39, 0.29) is 24.7 Å². The fraction of sp³-hybridized carbons (Fsp3) is 0.160. The lowest BCUT2D eigenvalue weighted by molar-refractivity contribution is -0.120. The summed E-state index contributed by atoms with van der Waals surface area (Å²) in [6, 6.07) is 23.2. The summed E-state index contributed by atoms with van der Waals surface area (Å²) in [5.41, 5.74) is 7.71. The van der Waals surface area contributed by atoms with Crippen molar-refractivity contribution in [1.82, 2.24) is 5.43 Å². The van der Waals surface area contributed by atoms with E-state index in [1.807, 2.05) is 67.6 Å². The Kier molecular flexibility index (Phi) is 7.57. The van der Waals surface area contributed by atoms with Crippen molar-refractivity contribution in [3.63, 3.8) is 0 Å². The van der Waals surface area contributed by atoms with Gasteiger partial charge in [-0.05, 0) is 48.2 Å². The minimum atomic E-state index is -0.238. The third-order valence-electron chi connectivity index (χ3n) is 4.69. The molecule has 0 radical (unpaired) electrons. The molecule has 5 nitrogen and oxygen atoms in total. The van der Waals surface area contributed by atoms with E-state index in [1.165, 1.54) is 0 Å². The lowest BCUT2D eigenvalue weighted by Crippen LogP contribution is -2.23. The summed E-state index contributed by atoms with van der Waals surface area (Å²) in [4.78, 5) is 24.4. The van der Waals surface area contributed by atoms with E-state index in [2.05, 4.69) is 15.8 Å². The number of hydrazone groups is 1. The molecule has 3 aromatic carbocycles. The van der Waals surface area contributed by atoms with Gasteiger partial charge in [-0.3, -0.25) is 9.59 Å². The predicted octanol–water partition coefficient (Wildman–Crippen LogP) is 5.38.